The Bertz CT molecular complexity index is 1620. The van der Waals surface area contributed by atoms with Crippen LogP contribution < -0.4 is 9.46 Å². The summed E-state index contributed by atoms with van der Waals surface area (Å²) in [7, 11) is -3.71. The highest BCUT2D eigenvalue weighted by Crippen LogP contribution is 2.25. The van der Waals surface area contributed by atoms with E-state index in [4.69, 9.17) is 9.26 Å². The van der Waals surface area contributed by atoms with Crippen LogP contribution in [0.2, 0.25) is 0 Å². The van der Waals surface area contributed by atoms with Gasteiger partial charge in [-0.05, 0) is 62.7 Å². The largest absolute Gasteiger partial charge is 0.439 e. The molecule has 0 spiro atoms. The van der Waals surface area contributed by atoms with E-state index in [-0.39, 0.29) is 5.75 Å². The van der Waals surface area contributed by atoms with Gasteiger partial charge in [-0.1, -0.05) is 17.3 Å². The number of hydrogen-bond donors (Lipinski definition) is 1. The van der Waals surface area contributed by atoms with Gasteiger partial charge in [-0.2, -0.15) is 5.10 Å². The van der Waals surface area contributed by atoms with Gasteiger partial charge in [-0.3, -0.25) is 4.72 Å². The van der Waals surface area contributed by atoms with Crippen molar-refractivity contribution in [3.05, 3.63) is 83.6 Å². The second kappa shape index (κ2) is 8.84. The molecule has 0 bridgehead atoms. The maximum Gasteiger partial charge on any atom is 0.238 e. The highest BCUT2D eigenvalue weighted by atomic mass is 32.2. The number of ether oxygens (including phenoxy) is 1. The smallest absolute Gasteiger partial charge is 0.238 e. The molecule has 0 radical (unpaired) electrons. The fourth-order valence-corrected chi connectivity index (χ4v) is 4.73. The van der Waals surface area contributed by atoms with Crippen LogP contribution in [0.5, 0.6) is 11.6 Å². The first-order valence-electron chi connectivity index (χ1n) is 10.8. The lowest BCUT2D eigenvalue weighted by Crippen LogP contribution is -2.15. The zero-order valence-electron chi connectivity index (χ0n) is 19.3. The molecule has 0 atom stereocenters. The SMILES string of the molecule is Cc1nn(-c2cc(Oc3ccc(NS(=O)(=O)Cc4noc5ccccc45)cc3)ncn2)c(C)c1C. The lowest BCUT2D eigenvalue weighted by atomic mass is 10.2. The summed E-state index contributed by atoms with van der Waals surface area (Å²) in [4.78, 5) is 8.46. The quantitative estimate of drug-likeness (QED) is 0.354. The lowest BCUT2D eigenvalue weighted by Gasteiger charge is -2.09. The molecular formula is C24H22N6O4S. The first-order chi connectivity index (χ1) is 16.8. The molecule has 3 heterocycles. The van der Waals surface area contributed by atoms with Crippen molar-refractivity contribution in [3.63, 3.8) is 0 Å². The van der Waals surface area contributed by atoms with Crippen LogP contribution >= 0.6 is 0 Å². The van der Waals surface area contributed by atoms with E-state index in [1.165, 1.54) is 6.33 Å². The van der Waals surface area contributed by atoms with Gasteiger partial charge >= 0.3 is 0 Å². The van der Waals surface area contributed by atoms with Crippen molar-refractivity contribution < 1.29 is 17.7 Å². The van der Waals surface area contributed by atoms with Crippen molar-refractivity contribution in [2.45, 2.75) is 26.5 Å². The van der Waals surface area contributed by atoms with Gasteiger partial charge in [-0.25, -0.2) is 23.1 Å². The molecule has 5 aromatic rings. The molecule has 0 aliphatic heterocycles. The van der Waals surface area contributed by atoms with Crippen LogP contribution in [0.1, 0.15) is 22.6 Å². The molecule has 0 unspecified atom stereocenters. The van der Waals surface area contributed by atoms with E-state index in [1.807, 2.05) is 20.8 Å². The van der Waals surface area contributed by atoms with Crippen molar-refractivity contribution in [1.82, 2.24) is 24.9 Å². The van der Waals surface area contributed by atoms with Crippen molar-refractivity contribution in [1.29, 1.82) is 0 Å². The molecule has 0 fully saturated rings. The van der Waals surface area contributed by atoms with Gasteiger partial charge in [-0.15, -0.1) is 0 Å². The third kappa shape index (κ3) is 4.71. The Morgan fingerprint density at radius 1 is 1.03 bits per heavy atom. The Morgan fingerprint density at radius 3 is 2.54 bits per heavy atom. The van der Waals surface area contributed by atoms with Crippen molar-refractivity contribution >= 4 is 26.7 Å². The van der Waals surface area contributed by atoms with E-state index in [2.05, 4.69) is 24.9 Å². The predicted octanol–water partition coefficient (Wildman–Crippen LogP) is 4.46. The number of aromatic nitrogens is 5. The molecule has 0 saturated heterocycles. The first kappa shape index (κ1) is 22.5. The standard InChI is InChI=1S/C24H22N6O4S/c1-15-16(2)27-30(17(15)3)23-12-24(26-14-25-23)33-19-10-8-18(9-11-19)29-35(31,32)13-21-20-6-4-5-7-22(20)34-28-21/h4-12,14,29H,13H2,1-3H3. The van der Waals surface area contributed by atoms with E-state index in [9.17, 15) is 8.42 Å². The first-order valence-corrected chi connectivity index (χ1v) is 12.4. The minimum absolute atomic E-state index is 0.308. The molecule has 0 aliphatic rings. The normalized spacial score (nSPS) is 11.6. The second-order valence-electron chi connectivity index (χ2n) is 8.04. The topological polar surface area (TPSA) is 125 Å². The van der Waals surface area contributed by atoms with Gasteiger partial charge in [0, 0.05) is 22.8 Å². The van der Waals surface area contributed by atoms with Crippen LogP contribution in [0.3, 0.4) is 0 Å². The lowest BCUT2D eigenvalue weighted by molar-refractivity contribution is 0.448. The molecular weight excluding hydrogens is 468 g/mol. The number of nitrogens with one attached hydrogen (secondary N) is 1. The van der Waals surface area contributed by atoms with Crippen LogP contribution in [0.15, 0.2) is 65.4 Å². The third-order valence-electron chi connectivity index (χ3n) is 5.63. The summed E-state index contributed by atoms with van der Waals surface area (Å²) in [6.07, 6.45) is 1.41. The summed E-state index contributed by atoms with van der Waals surface area (Å²) in [5.41, 5.74) is 4.30. The van der Waals surface area contributed by atoms with Crippen LogP contribution in [0, 0.1) is 20.8 Å². The molecule has 11 heteroatoms. The molecule has 2 aromatic carbocycles. The van der Waals surface area contributed by atoms with Gasteiger partial charge in [0.15, 0.2) is 11.4 Å². The number of anilines is 1. The number of para-hydroxylation sites is 1. The third-order valence-corrected chi connectivity index (χ3v) is 6.83. The Labute approximate surface area is 201 Å². The summed E-state index contributed by atoms with van der Waals surface area (Å²) in [6.45, 7) is 5.93. The number of aryl methyl sites for hydroxylation is 1. The number of benzene rings is 2. The summed E-state index contributed by atoms with van der Waals surface area (Å²) in [6, 6.07) is 15.3. The average molecular weight is 491 g/mol. The average Bonchev–Trinajstić information content (AvgIpc) is 3.36. The fourth-order valence-electron chi connectivity index (χ4n) is 3.59. The van der Waals surface area contributed by atoms with E-state index in [1.54, 1.807) is 59.3 Å². The summed E-state index contributed by atoms with van der Waals surface area (Å²) in [5, 5.41) is 9.07. The molecule has 5 rings (SSSR count). The van der Waals surface area contributed by atoms with Crippen molar-refractivity contribution in [2.75, 3.05) is 4.72 Å². The zero-order chi connectivity index (χ0) is 24.6. The molecule has 35 heavy (non-hydrogen) atoms. The molecule has 0 saturated carbocycles. The van der Waals surface area contributed by atoms with Crippen LogP contribution in [0.4, 0.5) is 5.69 Å². The molecule has 3 aromatic heterocycles. The van der Waals surface area contributed by atoms with Gasteiger partial charge < -0.3 is 9.26 Å². The molecule has 178 valence electrons. The van der Waals surface area contributed by atoms with Crippen LogP contribution in [0.25, 0.3) is 16.8 Å². The maximum absolute atomic E-state index is 12.7. The minimum atomic E-state index is -3.71. The highest BCUT2D eigenvalue weighted by Gasteiger charge is 2.18. The van der Waals surface area contributed by atoms with E-state index in [0.29, 0.717) is 39.8 Å². The Morgan fingerprint density at radius 2 is 1.80 bits per heavy atom. The summed E-state index contributed by atoms with van der Waals surface area (Å²) < 4.78 is 40.7. The van der Waals surface area contributed by atoms with E-state index >= 15 is 0 Å². The molecule has 10 nitrogen and oxygen atoms in total. The van der Waals surface area contributed by atoms with E-state index in [0.717, 1.165) is 17.0 Å². The predicted molar refractivity (Wildman–Crippen MR) is 130 cm³/mol. The van der Waals surface area contributed by atoms with Gasteiger partial charge in [0.2, 0.25) is 15.9 Å². The van der Waals surface area contributed by atoms with Gasteiger partial charge in [0.25, 0.3) is 0 Å². The van der Waals surface area contributed by atoms with Gasteiger partial charge in [0.05, 0.1) is 5.69 Å². The monoisotopic (exact) mass is 490 g/mol. The van der Waals surface area contributed by atoms with Crippen LogP contribution in [-0.2, 0) is 15.8 Å². The second-order valence-corrected chi connectivity index (χ2v) is 9.76. The fraction of sp³-hybridized carbons (Fsp3) is 0.167. The maximum atomic E-state index is 12.7. The Hall–Kier alpha value is -4.25. The van der Waals surface area contributed by atoms with Crippen molar-refractivity contribution in [3.8, 4) is 17.4 Å². The number of sulfonamides is 1. The molecule has 0 amide bonds. The Balaban J connectivity index is 1.28. The number of nitrogens with zero attached hydrogens (tertiary/aromatic N) is 5. The minimum Gasteiger partial charge on any atom is -0.439 e. The Kier molecular flexibility index (Phi) is 5.69. The highest BCUT2D eigenvalue weighted by molar-refractivity contribution is 7.91. The van der Waals surface area contributed by atoms with Gasteiger partial charge in [0.1, 0.15) is 23.5 Å². The van der Waals surface area contributed by atoms with Crippen molar-refractivity contribution in [2.24, 2.45) is 0 Å². The van der Waals surface area contributed by atoms with Crippen LogP contribution in [-0.4, -0.2) is 33.3 Å². The number of rotatable bonds is 7. The number of fused-ring (bicyclic) bond motifs is 1. The number of hydrogen-bond acceptors (Lipinski definition) is 8. The zero-order valence-corrected chi connectivity index (χ0v) is 20.1. The van der Waals surface area contributed by atoms with E-state index < -0.39 is 10.0 Å². The summed E-state index contributed by atoms with van der Waals surface area (Å²) in [5.74, 6) is 1.11. The molecule has 0 aliphatic carbocycles. The molecule has 1 N–H and O–H groups in total. The summed E-state index contributed by atoms with van der Waals surface area (Å²) >= 11 is 0.